The first kappa shape index (κ1) is 13.5. The smallest absolute Gasteiger partial charge is 0.219 e. The lowest BCUT2D eigenvalue weighted by Gasteiger charge is -2.15. The third kappa shape index (κ3) is 4.07. The van der Waals surface area contributed by atoms with E-state index in [2.05, 4.69) is 5.32 Å². The van der Waals surface area contributed by atoms with Crippen LogP contribution in [0.5, 0.6) is 0 Å². The minimum absolute atomic E-state index is 0.0473. The second-order valence-electron chi connectivity index (χ2n) is 4.16. The average Bonchev–Trinajstić information content (AvgIpc) is 2.35. The van der Waals surface area contributed by atoms with Crippen molar-refractivity contribution in [2.45, 2.75) is 19.4 Å². The van der Waals surface area contributed by atoms with E-state index in [4.69, 9.17) is 0 Å². The molecule has 0 aromatic heterocycles. The molecule has 4 nitrogen and oxygen atoms in total. The Bertz CT molecular complexity index is 360. The van der Waals surface area contributed by atoms with E-state index >= 15 is 0 Å². The molecule has 0 radical (unpaired) electrons. The molecule has 0 aliphatic carbocycles. The molecule has 4 heteroatoms. The van der Waals surface area contributed by atoms with Crippen LogP contribution in [0.2, 0.25) is 0 Å². The first-order chi connectivity index (χ1) is 8.04. The molecular formula is C13H20N2O2. The number of nitrogens with one attached hydrogen (secondary N) is 1. The Labute approximate surface area is 102 Å². The number of amides is 1. The van der Waals surface area contributed by atoms with Crippen molar-refractivity contribution in [2.24, 2.45) is 0 Å². The Balaban J connectivity index is 2.57. The van der Waals surface area contributed by atoms with Crippen molar-refractivity contribution in [3.63, 3.8) is 0 Å². The number of carbonyl (C=O) groups excluding carboxylic acids is 1. The normalized spacial score (nSPS) is 12.0. The van der Waals surface area contributed by atoms with Gasteiger partial charge in [-0.2, -0.15) is 0 Å². The van der Waals surface area contributed by atoms with E-state index in [1.165, 1.54) is 0 Å². The van der Waals surface area contributed by atoms with Crippen LogP contribution in [0.15, 0.2) is 24.3 Å². The summed E-state index contributed by atoms with van der Waals surface area (Å²) in [5, 5.41) is 12.5. The van der Waals surface area contributed by atoms with E-state index in [-0.39, 0.29) is 12.5 Å². The molecule has 0 aliphatic rings. The monoisotopic (exact) mass is 236 g/mol. The fourth-order valence-corrected chi connectivity index (χ4v) is 1.45. The summed E-state index contributed by atoms with van der Waals surface area (Å²) in [5.41, 5.74) is 1.89. The predicted molar refractivity (Wildman–Crippen MR) is 69.0 cm³/mol. The number of hydrogen-bond acceptors (Lipinski definition) is 3. The van der Waals surface area contributed by atoms with Crippen molar-refractivity contribution in [1.82, 2.24) is 5.32 Å². The van der Waals surface area contributed by atoms with Gasteiger partial charge in [-0.1, -0.05) is 19.1 Å². The van der Waals surface area contributed by atoms with Gasteiger partial charge in [-0.25, -0.2) is 0 Å². The number of aliphatic hydroxyl groups excluding tert-OH is 1. The highest BCUT2D eigenvalue weighted by Gasteiger charge is 2.08. The van der Waals surface area contributed by atoms with Crippen molar-refractivity contribution in [1.29, 1.82) is 0 Å². The van der Waals surface area contributed by atoms with Crippen LogP contribution in [0.3, 0.4) is 0 Å². The highest BCUT2D eigenvalue weighted by molar-refractivity contribution is 5.75. The summed E-state index contributed by atoms with van der Waals surface area (Å²) >= 11 is 0. The van der Waals surface area contributed by atoms with E-state index in [0.29, 0.717) is 6.42 Å². The SMILES string of the molecule is CCC(=O)NC[C@@H](O)c1ccc(N(C)C)cc1. The Morgan fingerprint density at radius 2 is 1.94 bits per heavy atom. The van der Waals surface area contributed by atoms with Crippen molar-refractivity contribution < 1.29 is 9.90 Å². The zero-order valence-corrected chi connectivity index (χ0v) is 10.6. The van der Waals surface area contributed by atoms with E-state index in [0.717, 1.165) is 11.3 Å². The van der Waals surface area contributed by atoms with Crippen LogP contribution in [0.25, 0.3) is 0 Å². The summed E-state index contributed by atoms with van der Waals surface area (Å²) in [6.45, 7) is 2.04. The van der Waals surface area contributed by atoms with Crippen LogP contribution in [-0.2, 0) is 4.79 Å². The number of nitrogens with zero attached hydrogens (tertiary/aromatic N) is 1. The molecule has 1 atom stereocenters. The number of rotatable bonds is 5. The molecule has 17 heavy (non-hydrogen) atoms. The molecule has 1 amide bonds. The highest BCUT2D eigenvalue weighted by Crippen LogP contribution is 2.17. The highest BCUT2D eigenvalue weighted by atomic mass is 16.3. The molecule has 0 heterocycles. The van der Waals surface area contributed by atoms with E-state index in [9.17, 15) is 9.90 Å². The topological polar surface area (TPSA) is 52.6 Å². The quantitative estimate of drug-likeness (QED) is 0.810. The maximum Gasteiger partial charge on any atom is 0.219 e. The van der Waals surface area contributed by atoms with E-state index in [1.54, 1.807) is 6.92 Å². The standard InChI is InChI=1S/C13H20N2O2/c1-4-13(17)14-9-12(16)10-5-7-11(8-6-10)15(2)3/h5-8,12,16H,4,9H2,1-3H3,(H,14,17)/t12-/m1/s1. The second kappa shape index (κ2) is 6.25. The van der Waals surface area contributed by atoms with Gasteiger partial charge in [0.15, 0.2) is 0 Å². The maximum absolute atomic E-state index is 11.1. The Morgan fingerprint density at radius 1 is 1.35 bits per heavy atom. The largest absolute Gasteiger partial charge is 0.387 e. The molecule has 0 bridgehead atoms. The summed E-state index contributed by atoms with van der Waals surface area (Å²) in [4.78, 5) is 13.1. The summed E-state index contributed by atoms with van der Waals surface area (Å²) < 4.78 is 0. The number of hydrogen-bond donors (Lipinski definition) is 2. The van der Waals surface area contributed by atoms with Gasteiger partial charge in [0.1, 0.15) is 0 Å². The zero-order valence-electron chi connectivity index (χ0n) is 10.6. The zero-order chi connectivity index (χ0) is 12.8. The van der Waals surface area contributed by atoms with Crippen LogP contribution >= 0.6 is 0 Å². The lowest BCUT2D eigenvalue weighted by Crippen LogP contribution is -2.27. The summed E-state index contributed by atoms with van der Waals surface area (Å²) in [6, 6.07) is 7.64. The van der Waals surface area contributed by atoms with Gasteiger partial charge < -0.3 is 15.3 Å². The molecule has 0 unspecified atom stereocenters. The van der Waals surface area contributed by atoms with Gasteiger partial charge in [0.05, 0.1) is 6.10 Å². The van der Waals surface area contributed by atoms with Gasteiger partial charge >= 0.3 is 0 Å². The molecule has 0 saturated carbocycles. The number of anilines is 1. The molecule has 94 valence electrons. The first-order valence-corrected chi connectivity index (χ1v) is 5.76. The molecular weight excluding hydrogens is 216 g/mol. The minimum atomic E-state index is -0.651. The van der Waals surface area contributed by atoms with Gasteiger partial charge in [0.2, 0.25) is 5.91 Å². The average molecular weight is 236 g/mol. The molecule has 0 saturated heterocycles. The van der Waals surface area contributed by atoms with Gasteiger partial charge in [0, 0.05) is 32.7 Å². The molecule has 0 fully saturated rings. The summed E-state index contributed by atoms with van der Waals surface area (Å²) in [5.74, 6) is -0.0473. The summed E-state index contributed by atoms with van der Waals surface area (Å²) in [6.07, 6.45) is -0.214. The fourth-order valence-electron chi connectivity index (χ4n) is 1.45. The van der Waals surface area contributed by atoms with Crippen molar-refractivity contribution >= 4 is 11.6 Å². The van der Waals surface area contributed by atoms with Crippen LogP contribution in [0.4, 0.5) is 5.69 Å². The van der Waals surface area contributed by atoms with Crippen LogP contribution in [-0.4, -0.2) is 31.7 Å². The molecule has 0 aliphatic heterocycles. The third-order valence-electron chi connectivity index (χ3n) is 2.61. The number of benzene rings is 1. The lowest BCUT2D eigenvalue weighted by molar-refractivity contribution is -0.121. The maximum atomic E-state index is 11.1. The first-order valence-electron chi connectivity index (χ1n) is 5.76. The van der Waals surface area contributed by atoms with Crippen LogP contribution in [0, 0.1) is 0 Å². The molecule has 1 aromatic carbocycles. The predicted octanol–water partition coefficient (Wildman–Crippen LogP) is 1.31. The number of carbonyl (C=O) groups is 1. The van der Waals surface area contributed by atoms with Gasteiger partial charge in [-0.15, -0.1) is 0 Å². The van der Waals surface area contributed by atoms with Gasteiger partial charge in [0.25, 0.3) is 0 Å². The van der Waals surface area contributed by atoms with E-state index < -0.39 is 6.10 Å². The Morgan fingerprint density at radius 3 is 2.41 bits per heavy atom. The Hall–Kier alpha value is -1.55. The third-order valence-corrected chi connectivity index (χ3v) is 2.61. The second-order valence-corrected chi connectivity index (χ2v) is 4.16. The Kier molecular flexibility index (Phi) is 4.97. The van der Waals surface area contributed by atoms with Crippen LogP contribution in [0.1, 0.15) is 25.0 Å². The molecule has 0 spiro atoms. The minimum Gasteiger partial charge on any atom is -0.387 e. The van der Waals surface area contributed by atoms with Crippen molar-refractivity contribution in [3.8, 4) is 0 Å². The van der Waals surface area contributed by atoms with Crippen molar-refractivity contribution in [2.75, 3.05) is 25.5 Å². The van der Waals surface area contributed by atoms with Crippen LogP contribution < -0.4 is 10.2 Å². The molecule has 2 N–H and O–H groups in total. The van der Waals surface area contributed by atoms with Gasteiger partial charge in [-0.3, -0.25) is 4.79 Å². The van der Waals surface area contributed by atoms with Crippen molar-refractivity contribution in [3.05, 3.63) is 29.8 Å². The molecule has 1 aromatic rings. The lowest BCUT2D eigenvalue weighted by atomic mass is 10.1. The van der Waals surface area contributed by atoms with Gasteiger partial charge in [-0.05, 0) is 17.7 Å². The fraction of sp³-hybridized carbons (Fsp3) is 0.462. The number of aliphatic hydroxyl groups is 1. The molecule has 1 rings (SSSR count). The van der Waals surface area contributed by atoms with E-state index in [1.807, 2.05) is 43.3 Å². The summed E-state index contributed by atoms with van der Waals surface area (Å²) in [7, 11) is 3.93.